The number of benzene rings is 1. The lowest BCUT2D eigenvalue weighted by molar-refractivity contribution is 0.833. The Balaban J connectivity index is 2.88. The Labute approximate surface area is 92.6 Å². The second-order valence-electron chi connectivity index (χ2n) is 2.73. The summed E-state index contributed by atoms with van der Waals surface area (Å²) in [6.45, 7) is 0. The molecule has 0 spiro atoms. The quantitative estimate of drug-likeness (QED) is 0.870. The van der Waals surface area contributed by atoms with E-state index in [9.17, 15) is 0 Å². The zero-order valence-corrected chi connectivity index (χ0v) is 9.59. The van der Waals surface area contributed by atoms with Gasteiger partial charge in [-0.2, -0.15) is 11.8 Å². The molecule has 1 aromatic rings. The number of nitrogens with two attached hydrogens (primary N) is 1. The molecule has 0 bridgehead atoms. The molecule has 1 unspecified atom stereocenters. The van der Waals surface area contributed by atoms with E-state index in [0.29, 0.717) is 10.0 Å². The van der Waals surface area contributed by atoms with E-state index in [0.717, 1.165) is 11.3 Å². The average molecular weight is 236 g/mol. The first-order valence-corrected chi connectivity index (χ1v) is 5.99. The van der Waals surface area contributed by atoms with Gasteiger partial charge in [-0.25, -0.2) is 0 Å². The molecule has 0 radical (unpaired) electrons. The van der Waals surface area contributed by atoms with Crippen LogP contribution in [0.3, 0.4) is 0 Å². The topological polar surface area (TPSA) is 26.0 Å². The molecule has 0 aliphatic carbocycles. The van der Waals surface area contributed by atoms with Gasteiger partial charge in [0.1, 0.15) is 0 Å². The number of hydrogen-bond donors (Lipinski definition) is 1. The van der Waals surface area contributed by atoms with Crippen LogP contribution in [0.25, 0.3) is 0 Å². The van der Waals surface area contributed by atoms with Crippen molar-refractivity contribution >= 4 is 35.0 Å². The second-order valence-corrected chi connectivity index (χ2v) is 4.48. The minimum absolute atomic E-state index is 0.0141. The zero-order chi connectivity index (χ0) is 9.84. The Morgan fingerprint density at radius 3 is 2.69 bits per heavy atom. The molecule has 0 saturated heterocycles. The summed E-state index contributed by atoms with van der Waals surface area (Å²) in [5.41, 5.74) is 6.87. The van der Waals surface area contributed by atoms with Crippen molar-refractivity contribution in [2.24, 2.45) is 5.73 Å². The van der Waals surface area contributed by atoms with E-state index in [-0.39, 0.29) is 6.04 Å². The fourth-order valence-corrected chi connectivity index (χ4v) is 2.16. The molecule has 1 rings (SSSR count). The lowest BCUT2D eigenvalue weighted by Crippen LogP contribution is -2.13. The lowest BCUT2D eigenvalue weighted by atomic mass is 10.1. The predicted octanol–water partition coefficient (Wildman–Crippen LogP) is 3.36. The normalized spacial score (nSPS) is 12.9. The molecule has 0 heterocycles. The van der Waals surface area contributed by atoms with E-state index >= 15 is 0 Å². The standard InChI is InChI=1S/C9H11Cl2NS/c1-13-5-9(12)7-3-2-6(10)4-8(7)11/h2-4,9H,5,12H2,1H3. The first kappa shape index (κ1) is 11.2. The highest BCUT2D eigenvalue weighted by molar-refractivity contribution is 7.98. The summed E-state index contributed by atoms with van der Waals surface area (Å²) in [5, 5.41) is 1.29. The first-order valence-electron chi connectivity index (χ1n) is 3.84. The van der Waals surface area contributed by atoms with Gasteiger partial charge in [-0.15, -0.1) is 0 Å². The van der Waals surface area contributed by atoms with Crippen molar-refractivity contribution in [3.63, 3.8) is 0 Å². The zero-order valence-electron chi connectivity index (χ0n) is 7.26. The fourth-order valence-electron chi connectivity index (χ4n) is 1.07. The highest BCUT2D eigenvalue weighted by atomic mass is 35.5. The molecule has 1 atom stereocenters. The maximum absolute atomic E-state index is 5.99. The Kier molecular flexibility index (Phi) is 4.39. The van der Waals surface area contributed by atoms with Crippen LogP contribution >= 0.6 is 35.0 Å². The molecule has 0 saturated carbocycles. The third-order valence-electron chi connectivity index (χ3n) is 1.71. The van der Waals surface area contributed by atoms with Crippen molar-refractivity contribution in [1.29, 1.82) is 0 Å². The molecule has 1 nitrogen and oxygen atoms in total. The van der Waals surface area contributed by atoms with E-state index in [1.165, 1.54) is 0 Å². The van der Waals surface area contributed by atoms with E-state index in [4.69, 9.17) is 28.9 Å². The molecular weight excluding hydrogens is 225 g/mol. The minimum Gasteiger partial charge on any atom is -0.323 e. The van der Waals surface area contributed by atoms with Gasteiger partial charge in [0.15, 0.2) is 0 Å². The number of hydrogen-bond acceptors (Lipinski definition) is 2. The highest BCUT2D eigenvalue weighted by Crippen LogP contribution is 2.26. The van der Waals surface area contributed by atoms with Gasteiger partial charge >= 0.3 is 0 Å². The third kappa shape index (κ3) is 3.06. The van der Waals surface area contributed by atoms with E-state index in [1.807, 2.05) is 18.4 Å². The predicted molar refractivity (Wildman–Crippen MR) is 61.8 cm³/mol. The van der Waals surface area contributed by atoms with Gasteiger partial charge in [-0.05, 0) is 24.0 Å². The number of rotatable bonds is 3. The molecule has 13 heavy (non-hydrogen) atoms. The van der Waals surface area contributed by atoms with E-state index in [2.05, 4.69) is 0 Å². The second kappa shape index (κ2) is 5.11. The SMILES string of the molecule is CSCC(N)c1ccc(Cl)cc1Cl. The van der Waals surface area contributed by atoms with Crippen molar-refractivity contribution in [2.75, 3.05) is 12.0 Å². The van der Waals surface area contributed by atoms with Crippen LogP contribution in [0.15, 0.2) is 18.2 Å². The Morgan fingerprint density at radius 1 is 1.46 bits per heavy atom. The molecule has 0 aliphatic rings. The third-order valence-corrected chi connectivity index (χ3v) is 2.96. The van der Waals surface area contributed by atoms with Gasteiger partial charge in [0.2, 0.25) is 0 Å². The Bertz CT molecular complexity index is 291. The molecule has 0 aromatic heterocycles. The summed E-state index contributed by atoms with van der Waals surface area (Å²) < 4.78 is 0. The van der Waals surface area contributed by atoms with Crippen LogP contribution in [0.4, 0.5) is 0 Å². The molecular formula is C9H11Cl2NS. The van der Waals surface area contributed by atoms with Gasteiger partial charge in [0, 0.05) is 21.8 Å². The van der Waals surface area contributed by atoms with Gasteiger partial charge in [-0.1, -0.05) is 29.3 Å². The Morgan fingerprint density at radius 2 is 2.15 bits per heavy atom. The van der Waals surface area contributed by atoms with Gasteiger partial charge in [-0.3, -0.25) is 0 Å². The van der Waals surface area contributed by atoms with Crippen LogP contribution in [0.5, 0.6) is 0 Å². The summed E-state index contributed by atoms with van der Waals surface area (Å²) in [6.07, 6.45) is 2.02. The molecule has 4 heteroatoms. The number of halogens is 2. The maximum atomic E-state index is 5.99. The first-order chi connectivity index (χ1) is 6.15. The van der Waals surface area contributed by atoms with E-state index in [1.54, 1.807) is 17.8 Å². The van der Waals surface area contributed by atoms with Crippen molar-refractivity contribution < 1.29 is 0 Å². The Hall–Kier alpha value is 0.110. The largest absolute Gasteiger partial charge is 0.323 e. The van der Waals surface area contributed by atoms with Crippen molar-refractivity contribution in [3.8, 4) is 0 Å². The summed E-state index contributed by atoms with van der Waals surface area (Å²) in [5.74, 6) is 0.862. The molecule has 72 valence electrons. The van der Waals surface area contributed by atoms with Crippen LogP contribution in [0.1, 0.15) is 11.6 Å². The highest BCUT2D eigenvalue weighted by Gasteiger charge is 2.09. The monoisotopic (exact) mass is 235 g/mol. The summed E-state index contributed by atoms with van der Waals surface area (Å²) >= 11 is 13.5. The van der Waals surface area contributed by atoms with Crippen LogP contribution < -0.4 is 5.73 Å². The summed E-state index contributed by atoms with van der Waals surface area (Å²) in [4.78, 5) is 0. The molecule has 0 amide bonds. The molecule has 1 aromatic carbocycles. The van der Waals surface area contributed by atoms with Crippen molar-refractivity contribution in [1.82, 2.24) is 0 Å². The van der Waals surface area contributed by atoms with E-state index < -0.39 is 0 Å². The molecule has 0 aliphatic heterocycles. The van der Waals surface area contributed by atoms with Crippen molar-refractivity contribution in [2.45, 2.75) is 6.04 Å². The van der Waals surface area contributed by atoms with Crippen molar-refractivity contribution in [3.05, 3.63) is 33.8 Å². The average Bonchev–Trinajstić information content (AvgIpc) is 2.04. The number of thioether (sulfide) groups is 1. The minimum atomic E-state index is -0.0141. The smallest absolute Gasteiger partial charge is 0.0468 e. The lowest BCUT2D eigenvalue weighted by Gasteiger charge is -2.12. The summed E-state index contributed by atoms with van der Waals surface area (Å²) in [6, 6.07) is 5.40. The van der Waals surface area contributed by atoms with Crippen LogP contribution in [-0.4, -0.2) is 12.0 Å². The molecule has 2 N–H and O–H groups in total. The summed E-state index contributed by atoms with van der Waals surface area (Å²) in [7, 11) is 0. The van der Waals surface area contributed by atoms with Crippen LogP contribution in [0.2, 0.25) is 10.0 Å². The van der Waals surface area contributed by atoms with Crippen LogP contribution in [0, 0.1) is 0 Å². The van der Waals surface area contributed by atoms with Gasteiger partial charge < -0.3 is 5.73 Å². The van der Waals surface area contributed by atoms with Gasteiger partial charge in [0.05, 0.1) is 0 Å². The van der Waals surface area contributed by atoms with Gasteiger partial charge in [0.25, 0.3) is 0 Å². The van der Waals surface area contributed by atoms with Crippen LogP contribution in [-0.2, 0) is 0 Å². The maximum Gasteiger partial charge on any atom is 0.0468 e. The fraction of sp³-hybridized carbons (Fsp3) is 0.333. The molecule has 0 fully saturated rings.